The SMILES string of the molecule is CCN1C(=O)c2ccccc2C1=CC=O. The van der Waals surface area contributed by atoms with Crippen molar-refractivity contribution < 1.29 is 9.59 Å². The third-order valence-corrected chi connectivity index (χ3v) is 2.51. The standard InChI is InChI=1S/C12H11NO2/c1-2-13-11(7-8-14)9-5-3-4-6-10(9)12(13)15/h3-8H,2H2,1H3. The van der Waals surface area contributed by atoms with Crippen LogP contribution in [0.2, 0.25) is 0 Å². The van der Waals surface area contributed by atoms with E-state index in [-0.39, 0.29) is 5.91 Å². The molecule has 0 unspecified atom stereocenters. The minimum Gasteiger partial charge on any atom is -0.308 e. The van der Waals surface area contributed by atoms with Crippen LogP contribution in [0.15, 0.2) is 30.3 Å². The Balaban J connectivity index is 2.60. The Bertz CT molecular complexity index is 449. The first-order valence-electron chi connectivity index (χ1n) is 4.86. The fraction of sp³-hybridized carbons (Fsp3) is 0.167. The van der Waals surface area contributed by atoms with Gasteiger partial charge < -0.3 is 4.90 Å². The summed E-state index contributed by atoms with van der Waals surface area (Å²) in [4.78, 5) is 24.0. The number of hydrogen-bond donors (Lipinski definition) is 0. The van der Waals surface area contributed by atoms with Crippen LogP contribution in [0.1, 0.15) is 22.8 Å². The Morgan fingerprint density at radius 1 is 1.27 bits per heavy atom. The average molecular weight is 201 g/mol. The molecule has 0 aromatic heterocycles. The first kappa shape index (κ1) is 9.65. The van der Waals surface area contributed by atoms with Crippen molar-refractivity contribution in [3.05, 3.63) is 41.5 Å². The topological polar surface area (TPSA) is 37.4 Å². The third-order valence-electron chi connectivity index (χ3n) is 2.51. The Morgan fingerprint density at radius 2 is 1.93 bits per heavy atom. The summed E-state index contributed by atoms with van der Waals surface area (Å²) >= 11 is 0. The number of allylic oxidation sites excluding steroid dienone is 1. The van der Waals surface area contributed by atoms with Gasteiger partial charge in [0, 0.05) is 23.7 Å². The highest BCUT2D eigenvalue weighted by atomic mass is 16.2. The maximum Gasteiger partial charge on any atom is 0.258 e. The number of benzene rings is 1. The zero-order valence-corrected chi connectivity index (χ0v) is 8.43. The van der Waals surface area contributed by atoms with E-state index in [1.165, 1.54) is 6.08 Å². The number of carbonyl (C=O) groups is 2. The van der Waals surface area contributed by atoms with E-state index in [0.717, 1.165) is 5.56 Å². The van der Waals surface area contributed by atoms with Crippen molar-refractivity contribution in [1.29, 1.82) is 0 Å². The molecular formula is C12H11NO2. The lowest BCUT2D eigenvalue weighted by molar-refractivity contribution is -0.104. The third kappa shape index (κ3) is 1.36. The predicted molar refractivity (Wildman–Crippen MR) is 57.2 cm³/mol. The maximum absolute atomic E-state index is 11.9. The van der Waals surface area contributed by atoms with Crippen molar-refractivity contribution >= 4 is 17.9 Å². The molecule has 0 bridgehead atoms. The molecule has 1 aliphatic heterocycles. The largest absolute Gasteiger partial charge is 0.308 e. The highest BCUT2D eigenvalue weighted by molar-refractivity contribution is 6.10. The molecule has 0 atom stereocenters. The summed E-state index contributed by atoms with van der Waals surface area (Å²) in [5.41, 5.74) is 2.22. The van der Waals surface area contributed by atoms with Gasteiger partial charge in [0.05, 0.1) is 5.70 Å². The lowest BCUT2D eigenvalue weighted by Gasteiger charge is -2.14. The van der Waals surface area contributed by atoms with Crippen molar-refractivity contribution in [2.24, 2.45) is 0 Å². The monoisotopic (exact) mass is 201 g/mol. The van der Waals surface area contributed by atoms with Crippen LogP contribution in [-0.4, -0.2) is 23.6 Å². The van der Waals surface area contributed by atoms with E-state index >= 15 is 0 Å². The van der Waals surface area contributed by atoms with Gasteiger partial charge in [0.1, 0.15) is 6.29 Å². The second-order valence-corrected chi connectivity index (χ2v) is 3.28. The number of carbonyl (C=O) groups excluding carboxylic acids is 2. The molecule has 0 spiro atoms. The molecule has 15 heavy (non-hydrogen) atoms. The van der Waals surface area contributed by atoms with Gasteiger partial charge in [-0.05, 0) is 13.0 Å². The maximum atomic E-state index is 11.9. The lowest BCUT2D eigenvalue weighted by atomic mass is 10.1. The minimum absolute atomic E-state index is 0.0267. The molecule has 1 amide bonds. The summed E-state index contributed by atoms with van der Waals surface area (Å²) in [6, 6.07) is 7.34. The van der Waals surface area contributed by atoms with Crippen LogP contribution in [0.3, 0.4) is 0 Å². The van der Waals surface area contributed by atoms with Crippen molar-refractivity contribution in [3.8, 4) is 0 Å². The summed E-state index contributed by atoms with van der Waals surface area (Å²) in [7, 11) is 0. The van der Waals surface area contributed by atoms with Gasteiger partial charge in [-0.15, -0.1) is 0 Å². The van der Waals surface area contributed by atoms with Gasteiger partial charge >= 0.3 is 0 Å². The van der Waals surface area contributed by atoms with Crippen LogP contribution in [0.5, 0.6) is 0 Å². The van der Waals surface area contributed by atoms with E-state index in [1.807, 2.05) is 25.1 Å². The second kappa shape index (κ2) is 3.69. The van der Waals surface area contributed by atoms with Crippen molar-refractivity contribution in [2.75, 3.05) is 6.54 Å². The number of aldehydes is 1. The second-order valence-electron chi connectivity index (χ2n) is 3.28. The lowest BCUT2D eigenvalue weighted by Crippen LogP contribution is -2.22. The molecule has 1 aromatic rings. The van der Waals surface area contributed by atoms with Crippen LogP contribution in [0.25, 0.3) is 5.70 Å². The number of rotatable bonds is 2. The van der Waals surface area contributed by atoms with Gasteiger partial charge in [-0.1, -0.05) is 18.2 Å². The molecule has 0 aliphatic carbocycles. The first-order valence-corrected chi connectivity index (χ1v) is 4.86. The summed E-state index contributed by atoms with van der Waals surface area (Å²) in [5, 5.41) is 0. The highest BCUT2D eigenvalue weighted by Gasteiger charge is 2.30. The van der Waals surface area contributed by atoms with Crippen LogP contribution in [0.4, 0.5) is 0 Å². The Kier molecular flexibility index (Phi) is 2.37. The minimum atomic E-state index is -0.0267. The number of amides is 1. The quantitative estimate of drug-likeness (QED) is 0.539. The van der Waals surface area contributed by atoms with E-state index < -0.39 is 0 Å². The predicted octanol–water partition coefficient (Wildman–Crippen LogP) is 1.70. The van der Waals surface area contributed by atoms with E-state index in [4.69, 9.17) is 0 Å². The van der Waals surface area contributed by atoms with Crippen molar-refractivity contribution in [2.45, 2.75) is 6.92 Å². The average Bonchev–Trinajstić information content (AvgIpc) is 2.54. The van der Waals surface area contributed by atoms with Gasteiger partial charge in [-0.2, -0.15) is 0 Å². The smallest absolute Gasteiger partial charge is 0.258 e. The Morgan fingerprint density at radius 3 is 2.53 bits per heavy atom. The number of nitrogens with zero attached hydrogens (tertiary/aromatic N) is 1. The summed E-state index contributed by atoms with van der Waals surface area (Å²) in [6.07, 6.45) is 2.15. The van der Waals surface area contributed by atoms with E-state index in [0.29, 0.717) is 24.1 Å². The molecule has 0 N–H and O–H groups in total. The zero-order chi connectivity index (χ0) is 10.8. The van der Waals surface area contributed by atoms with Gasteiger partial charge in [-0.25, -0.2) is 0 Å². The summed E-state index contributed by atoms with van der Waals surface area (Å²) < 4.78 is 0. The summed E-state index contributed by atoms with van der Waals surface area (Å²) in [6.45, 7) is 2.47. The zero-order valence-electron chi connectivity index (χ0n) is 8.43. The van der Waals surface area contributed by atoms with Gasteiger partial charge in [0.25, 0.3) is 5.91 Å². The molecule has 2 rings (SSSR count). The number of fused-ring (bicyclic) bond motifs is 1. The molecule has 0 saturated carbocycles. The molecule has 0 fully saturated rings. The van der Waals surface area contributed by atoms with E-state index in [2.05, 4.69) is 0 Å². The van der Waals surface area contributed by atoms with Gasteiger partial charge in [0.2, 0.25) is 0 Å². The normalized spacial score (nSPS) is 17.0. The molecule has 0 radical (unpaired) electrons. The Hall–Kier alpha value is -1.90. The fourth-order valence-electron chi connectivity index (χ4n) is 1.85. The molecule has 1 aliphatic rings. The van der Waals surface area contributed by atoms with Crippen molar-refractivity contribution in [1.82, 2.24) is 4.90 Å². The molecule has 1 aromatic carbocycles. The van der Waals surface area contributed by atoms with Gasteiger partial charge in [-0.3, -0.25) is 9.59 Å². The first-order chi connectivity index (χ1) is 7.29. The number of hydrogen-bond acceptors (Lipinski definition) is 2. The van der Waals surface area contributed by atoms with Crippen LogP contribution in [-0.2, 0) is 4.79 Å². The van der Waals surface area contributed by atoms with Crippen molar-refractivity contribution in [3.63, 3.8) is 0 Å². The van der Waals surface area contributed by atoms with Crippen LogP contribution in [0, 0.1) is 0 Å². The highest BCUT2D eigenvalue weighted by Crippen LogP contribution is 2.31. The molecular weight excluding hydrogens is 190 g/mol. The molecule has 0 saturated heterocycles. The molecule has 3 heteroatoms. The Labute approximate surface area is 88.0 Å². The van der Waals surface area contributed by atoms with Crippen LogP contribution >= 0.6 is 0 Å². The molecule has 3 nitrogen and oxygen atoms in total. The van der Waals surface area contributed by atoms with Gasteiger partial charge in [0.15, 0.2) is 0 Å². The van der Waals surface area contributed by atoms with E-state index in [9.17, 15) is 9.59 Å². The fourth-order valence-corrected chi connectivity index (χ4v) is 1.85. The van der Waals surface area contributed by atoms with E-state index in [1.54, 1.807) is 11.0 Å². The summed E-state index contributed by atoms with van der Waals surface area (Å²) in [5.74, 6) is -0.0267. The molecule has 1 heterocycles. The molecule has 76 valence electrons. The van der Waals surface area contributed by atoms with Crippen LogP contribution < -0.4 is 0 Å².